The fraction of sp³-hybridized carbons (Fsp3) is 0.591. The number of aliphatic hydroxyl groups excluding tert-OH is 2. The van der Waals surface area contributed by atoms with Gasteiger partial charge in [0.25, 0.3) is 0 Å². The van der Waals surface area contributed by atoms with E-state index >= 15 is 0 Å². The van der Waals surface area contributed by atoms with Crippen LogP contribution in [0.4, 0.5) is 18.9 Å². The molecule has 1 unspecified atom stereocenters. The minimum atomic E-state index is -4.93. The molecule has 8 heteroatoms. The number of anilines is 1. The molecule has 0 radical (unpaired) electrons. The van der Waals surface area contributed by atoms with Gasteiger partial charge in [-0.25, -0.2) is 0 Å². The predicted octanol–water partition coefficient (Wildman–Crippen LogP) is 3.68. The van der Waals surface area contributed by atoms with Crippen molar-refractivity contribution in [1.82, 2.24) is 4.90 Å². The number of halogens is 3. The van der Waals surface area contributed by atoms with Crippen LogP contribution in [0.25, 0.3) is 5.57 Å². The average Bonchev–Trinajstić information content (AvgIpc) is 2.74. The number of amides is 1. The standard InChI is InChI=1S/C22H29F3N2O3/c23-22(24,25)21(30)26-20-7-6-17(12-19(20)16-4-2-1-3-5-16)15-8-10-27(11-9-15)13-18(29)14-28/h4,6-7,12,15,18,28-29H,1-3,5,8-11,13-14H2,(H,26,30). The Morgan fingerprint density at radius 3 is 2.57 bits per heavy atom. The number of nitrogens with zero attached hydrogens (tertiary/aromatic N) is 1. The molecule has 2 aliphatic rings. The number of hydrogen-bond acceptors (Lipinski definition) is 4. The summed E-state index contributed by atoms with van der Waals surface area (Å²) in [6, 6.07) is 5.33. The smallest absolute Gasteiger partial charge is 0.394 e. The number of likely N-dealkylation sites (tertiary alicyclic amines) is 1. The maximum atomic E-state index is 12.8. The zero-order valence-corrected chi connectivity index (χ0v) is 16.9. The van der Waals surface area contributed by atoms with E-state index in [1.54, 1.807) is 6.07 Å². The van der Waals surface area contributed by atoms with Gasteiger partial charge < -0.3 is 20.4 Å². The molecular formula is C22H29F3N2O3. The molecule has 1 aliphatic carbocycles. The number of aliphatic hydroxyl groups is 2. The molecule has 0 bridgehead atoms. The van der Waals surface area contributed by atoms with Gasteiger partial charge in [-0.2, -0.15) is 13.2 Å². The van der Waals surface area contributed by atoms with Gasteiger partial charge >= 0.3 is 12.1 Å². The highest BCUT2D eigenvalue weighted by Gasteiger charge is 2.39. The second kappa shape index (κ2) is 9.94. The highest BCUT2D eigenvalue weighted by atomic mass is 19.4. The number of β-amino-alcohol motifs (C(OH)–C–C–N with tert-alkyl or cyclic N) is 1. The van der Waals surface area contributed by atoms with Crippen LogP contribution in [-0.4, -0.2) is 59.5 Å². The molecule has 0 aromatic heterocycles. The van der Waals surface area contributed by atoms with E-state index in [-0.39, 0.29) is 18.2 Å². The molecule has 3 N–H and O–H groups in total. The van der Waals surface area contributed by atoms with E-state index < -0.39 is 18.2 Å². The zero-order valence-electron chi connectivity index (χ0n) is 16.9. The molecule has 1 aromatic rings. The monoisotopic (exact) mass is 426 g/mol. The third kappa shape index (κ3) is 5.83. The summed E-state index contributed by atoms with van der Waals surface area (Å²) < 4.78 is 38.3. The number of benzene rings is 1. The van der Waals surface area contributed by atoms with Crippen LogP contribution in [0.1, 0.15) is 55.6 Å². The van der Waals surface area contributed by atoms with E-state index in [1.807, 2.05) is 17.4 Å². The lowest BCUT2D eigenvalue weighted by atomic mass is 9.85. The molecule has 166 valence electrons. The van der Waals surface area contributed by atoms with Gasteiger partial charge in [-0.3, -0.25) is 4.79 Å². The second-order valence-corrected chi connectivity index (χ2v) is 8.14. The fourth-order valence-electron chi connectivity index (χ4n) is 4.27. The van der Waals surface area contributed by atoms with Gasteiger partial charge in [0, 0.05) is 17.8 Å². The number of piperidine rings is 1. The topological polar surface area (TPSA) is 72.8 Å². The molecule has 0 saturated carbocycles. The summed E-state index contributed by atoms with van der Waals surface area (Å²) in [7, 11) is 0. The van der Waals surface area contributed by atoms with Crippen molar-refractivity contribution in [2.45, 2.75) is 56.7 Å². The highest BCUT2D eigenvalue weighted by Crippen LogP contribution is 2.37. The molecular weight excluding hydrogens is 397 g/mol. The minimum Gasteiger partial charge on any atom is -0.394 e. The first kappa shape index (κ1) is 22.8. The van der Waals surface area contributed by atoms with Crippen molar-refractivity contribution in [2.24, 2.45) is 0 Å². The number of alkyl halides is 3. The molecule has 30 heavy (non-hydrogen) atoms. The number of rotatable bonds is 6. The number of carbonyl (C=O) groups is 1. The summed E-state index contributed by atoms with van der Waals surface area (Å²) in [5.74, 6) is -1.69. The van der Waals surface area contributed by atoms with Gasteiger partial charge in [-0.15, -0.1) is 0 Å². The zero-order chi connectivity index (χ0) is 21.7. The van der Waals surface area contributed by atoms with Crippen LogP contribution in [0.2, 0.25) is 0 Å². The molecule has 1 amide bonds. The Morgan fingerprint density at radius 2 is 1.97 bits per heavy atom. The third-order valence-electron chi connectivity index (χ3n) is 5.92. The summed E-state index contributed by atoms with van der Waals surface area (Å²) in [6.07, 6.45) is 1.83. The van der Waals surface area contributed by atoms with Crippen LogP contribution in [0.3, 0.4) is 0 Å². The molecule has 1 aromatic carbocycles. The quantitative estimate of drug-likeness (QED) is 0.649. The molecule has 3 rings (SSSR count). The summed E-state index contributed by atoms with van der Waals surface area (Å²) in [5.41, 5.74) is 2.94. The number of allylic oxidation sites excluding steroid dienone is 2. The van der Waals surface area contributed by atoms with E-state index in [2.05, 4.69) is 11.0 Å². The summed E-state index contributed by atoms with van der Waals surface area (Å²) in [4.78, 5) is 13.6. The van der Waals surface area contributed by atoms with Gasteiger partial charge in [0.1, 0.15) is 0 Å². The van der Waals surface area contributed by atoms with Crippen molar-refractivity contribution in [3.05, 3.63) is 35.4 Å². The van der Waals surface area contributed by atoms with E-state index in [0.29, 0.717) is 12.1 Å². The Morgan fingerprint density at radius 1 is 1.23 bits per heavy atom. The van der Waals surface area contributed by atoms with Crippen LogP contribution >= 0.6 is 0 Å². The number of carbonyl (C=O) groups excluding carboxylic acids is 1. The van der Waals surface area contributed by atoms with E-state index in [1.165, 1.54) is 0 Å². The van der Waals surface area contributed by atoms with Crippen LogP contribution < -0.4 is 5.32 Å². The van der Waals surface area contributed by atoms with Crippen molar-refractivity contribution in [3.8, 4) is 0 Å². The van der Waals surface area contributed by atoms with Crippen LogP contribution in [0.5, 0.6) is 0 Å². The summed E-state index contributed by atoms with van der Waals surface area (Å²) in [6.45, 7) is 1.74. The largest absolute Gasteiger partial charge is 0.471 e. The Labute approximate surface area is 174 Å². The molecule has 1 heterocycles. The van der Waals surface area contributed by atoms with Crippen molar-refractivity contribution < 1.29 is 28.2 Å². The van der Waals surface area contributed by atoms with Gasteiger partial charge in [-0.05, 0) is 80.8 Å². The van der Waals surface area contributed by atoms with Crippen LogP contribution in [-0.2, 0) is 4.79 Å². The Balaban J connectivity index is 1.78. The average molecular weight is 426 g/mol. The SMILES string of the molecule is O=C(Nc1ccc(C2CCN(CC(O)CO)CC2)cc1C1=CCCCC1)C(F)(F)F. The number of nitrogens with one attached hydrogen (secondary N) is 1. The Bertz CT molecular complexity index is 771. The maximum absolute atomic E-state index is 12.8. The van der Waals surface area contributed by atoms with E-state index in [0.717, 1.165) is 62.8 Å². The summed E-state index contributed by atoms with van der Waals surface area (Å²) >= 11 is 0. The molecule has 1 saturated heterocycles. The number of hydrogen-bond donors (Lipinski definition) is 3. The molecule has 1 atom stereocenters. The van der Waals surface area contributed by atoms with E-state index in [9.17, 15) is 23.1 Å². The Hall–Kier alpha value is -1.90. The Kier molecular flexibility index (Phi) is 7.55. The highest BCUT2D eigenvalue weighted by molar-refractivity contribution is 5.97. The van der Waals surface area contributed by atoms with Crippen molar-refractivity contribution in [3.63, 3.8) is 0 Å². The third-order valence-corrected chi connectivity index (χ3v) is 5.92. The first-order chi connectivity index (χ1) is 14.3. The predicted molar refractivity (Wildman–Crippen MR) is 109 cm³/mol. The molecule has 0 spiro atoms. The first-order valence-electron chi connectivity index (χ1n) is 10.5. The maximum Gasteiger partial charge on any atom is 0.471 e. The first-order valence-corrected chi connectivity index (χ1v) is 10.5. The van der Waals surface area contributed by atoms with Crippen molar-refractivity contribution in [1.29, 1.82) is 0 Å². The van der Waals surface area contributed by atoms with Crippen LogP contribution in [0.15, 0.2) is 24.3 Å². The van der Waals surface area contributed by atoms with Gasteiger partial charge in [0.2, 0.25) is 0 Å². The van der Waals surface area contributed by atoms with Gasteiger partial charge in [-0.1, -0.05) is 12.1 Å². The molecule has 5 nitrogen and oxygen atoms in total. The van der Waals surface area contributed by atoms with Crippen molar-refractivity contribution in [2.75, 3.05) is 31.6 Å². The minimum absolute atomic E-state index is 0.206. The van der Waals surface area contributed by atoms with Crippen LogP contribution in [0, 0.1) is 0 Å². The van der Waals surface area contributed by atoms with Gasteiger partial charge in [0.05, 0.1) is 12.7 Å². The molecule has 1 aliphatic heterocycles. The molecule has 1 fully saturated rings. The van der Waals surface area contributed by atoms with E-state index in [4.69, 9.17) is 5.11 Å². The fourth-order valence-corrected chi connectivity index (χ4v) is 4.27. The lowest BCUT2D eigenvalue weighted by molar-refractivity contribution is -0.167. The second-order valence-electron chi connectivity index (χ2n) is 8.14. The lowest BCUT2D eigenvalue weighted by Crippen LogP contribution is -2.39. The van der Waals surface area contributed by atoms with Crippen molar-refractivity contribution >= 4 is 17.2 Å². The normalized spacial score (nSPS) is 20.0. The lowest BCUT2D eigenvalue weighted by Gasteiger charge is -2.33. The summed E-state index contributed by atoms with van der Waals surface area (Å²) in [5, 5.41) is 20.7. The van der Waals surface area contributed by atoms with Gasteiger partial charge in [0.15, 0.2) is 0 Å².